The number of amides is 1. The molecule has 1 aromatic rings. The highest BCUT2D eigenvalue weighted by molar-refractivity contribution is 7.99. The molecule has 0 aliphatic carbocycles. The summed E-state index contributed by atoms with van der Waals surface area (Å²) in [5.74, 6) is 0.429. The maximum atomic E-state index is 11.5. The third-order valence-electron chi connectivity index (χ3n) is 2.04. The number of alkyl halides is 1. The Balaban J connectivity index is 2.33. The number of rotatable bonds is 6. The molecule has 3 nitrogen and oxygen atoms in total. The first kappa shape index (κ1) is 13.8. The number of aromatic nitrogens is 1. The molecule has 1 N–H and O–H groups in total. The van der Waals surface area contributed by atoms with Crippen LogP contribution in [-0.4, -0.2) is 28.9 Å². The van der Waals surface area contributed by atoms with E-state index < -0.39 is 0 Å². The largest absolute Gasteiger partial charge is 0.355 e. The molecule has 0 spiro atoms. The van der Waals surface area contributed by atoms with Crippen LogP contribution in [0.15, 0.2) is 5.38 Å². The number of halogens is 1. The molecule has 0 aliphatic rings. The summed E-state index contributed by atoms with van der Waals surface area (Å²) in [6, 6.07) is 0. The normalized spacial score (nSPS) is 12.4. The van der Waals surface area contributed by atoms with E-state index in [0.717, 1.165) is 10.7 Å². The monoisotopic (exact) mass is 278 g/mol. The highest BCUT2D eigenvalue weighted by atomic mass is 35.5. The molecule has 0 saturated carbocycles. The molecule has 0 radical (unpaired) electrons. The van der Waals surface area contributed by atoms with E-state index in [1.165, 1.54) is 11.3 Å². The van der Waals surface area contributed by atoms with Gasteiger partial charge in [-0.15, -0.1) is 22.9 Å². The number of hydrogen-bond donors (Lipinski definition) is 1. The van der Waals surface area contributed by atoms with Crippen molar-refractivity contribution in [1.29, 1.82) is 0 Å². The molecular formula is C10H15ClN2OS2. The highest BCUT2D eigenvalue weighted by Crippen LogP contribution is 2.12. The number of nitrogens with one attached hydrogen (secondary N) is 1. The van der Waals surface area contributed by atoms with Gasteiger partial charge >= 0.3 is 0 Å². The fourth-order valence-electron chi connectivity index (χ4n) is 1.03. The Morgan fingerprint density at radius 3 is 3.06 bits per heavy atom. The van der Waals surface area contributed by atoms with Gasteiger partial charge in [0.1, 0.15) is 5.01 Å². The van der Waals surface area contributed by atoms with Crippen molar-refractivity contribution in [3.8, 4) is 0 Å². The van der Waals surface area contributed by atoms with E-state index in [4.69, 9.17) is 11.6 Å². The molecule has 0 bridgehead atoms. The van der Waals surface area contributed by atoms with Crippen LogP contribution >= 0.6 is 34.7 Å². The van der Waals surface area contributed by atoms with Crippen molar-refractivity contribution >= 4 is 40.6 Å². The Hall–Kier alpha value is -0.260. The van der Waals surface area contributed by atoms with Crippen LogP contribution in [0.4, 0.5) is 0 Å². The molecule has 1 atom stereocenters. The Labute approximate surface area is 109 Å². The van der Waals surface area contributed by atoms with Crippen molar-refractivity contribution in [2.75, 3.05) is 12.8 Å². The van der Waals surface area contributed by atoms with Gasteiger partial charge in [0, 0.05) is 17.2 Å². The van der Waals surface area contributed by atoms with Crippen molar-refractivity contribution < 1.29 is 4.79 Å². The van der Waals surface area contributed by atoms with Crippen LogP contribution in [0.2, 0.25) is 0 Å². The minimum Gasteiger partial charge on any atom is -0.355 e. The van der Waals surface area contributed by atoms with E-state index in [1.807, 2.05) is 11.6 Å². The smallest absolute Gasteiger partial charge is 0.226 e. The topological polar surface area (TPSA) is 42.0 Å². The minimum atomic E-state index is 0.0244. The average molecular weight is 279 g/mol. The van der Waals surface area contributed by atoms with Gasteiger partial charge in [-0.25, -0.2) is 4.98 Å². The summed E-state index contributed by atoms with van der Waals surface area (Å²) >= 11 is 8.86. The molecule has 90 valence electrons. The Morgan fingerprint density at radius 1 is 1.75 bits per heavy atom. The Morgan fingerprint density at radius 2 is 2.50 bits per heavy atom. The molecule has 0 fully saturated rings. The van der Waals surface area contributed by atoms with Crippen molar-refractivity contribution in [2.45, 2.75) is 24.5 Å². The van der Waals surface area contributed by atoms with Crippen LogP contribution in [0.3, 0.4) is 0 Å². The lowest BCUT2D eigenvalue weighted by Gasteiger charge is -2.08. The summed E-state index contributed by atoms with van der Waals surface area (Å²) in [7, 11) is 0. The zero-order valence-corrected chi connectivity index (χ0v) is 11.7. The summed E-state index contributed by atoms with van der Waals surface area (Å²) in [4.78, 5) is 15.8. The van der Waals surface area contributed by atoms with Crippen molar-refractivity contribution in [3.63, 3.8) is 0 Å². The fraction of sp³-hybridized carbons (Fsp3) is 0.600. The SMILES string of the molecule is CSC(C)CNC(=O)Cc1nc(CCl)cs1. The molecule has 1 heterocycles. The molecule has 0 aliphatic heterocycles. The molecule has 1 rings (SSSR count). The molecule has 1 amide bonds. The first-order valence-electron chi connectivity index (χ1n) is 4.94. The second-order valence-electron chi connectivity index (χ2n) is 3.39. The van der Waals surface area contributed by atoms with E-state index in [1.54, 1.807) is 11.8 Å². The van der Waals surface area contributed by atoms with Gasteiger partial charge in [-0.05, 0) is 6.26 Å². The van der Waals surface area contributed by atoms with Crippen molar-refractivity contribution in [1.82, 2.24) is 10.3 Å². The van der Waals surface area contributed by atoms with E-state index >= 15 is 0 Å². The quantitative estimate of drug-likeness (QED) is 0.812. The lowest BCUT2D eigenvalue weighted by molar-refractivity contribution is -0.120. The third-order valence-corrected chi connectivity index (χ3v) is 4.18. The predicted molar refractivity (Wildman–Crippen MR) is 71.4 cm³/mol. The van der Waals surface area contributed by atoms with Crippen molar-refractivity contribution in [3.05, 3.63) is 16.1 Å². The van der Waals surface area contributed by atoms with Gasteiger partial charge in [-0.1, -0.05) is 6.92 Å². The lowest BCUT2D eigenvalue weighted by Crippen LogP contribution is -2.30. The maximum absolute atomic E-state index is 11.5. The van der Waals surface area contributed by atoms with Gasteiger partial charge in [0.05, 0.1) is 18.0 Å². The van der Waals surface area contributed by atoms with Crippen molar-refractivity contribution in [2.24, 2.45) is 0 Å². The average Bonchev–Trinajstić information content (AvgIpc) is 2.73. The van der Waals surface area contributed by atoms with Crippen LogP contribution in [0, 0.1) is 0 Å². The summed E-state index contributed by atoms with van der Waals surface area (Å²) in [6.07, 6.45) is 2.38. The van der Waals surface area contributed by atoms with Gasteiger partial charge in [-0.2, -0.15) is 11.8 Å². The fourth-order valence-corrected chi connectivity index (χ4v) is 2.30. The molecule has 6 heteroatoms. The van der Waals surface area contributed by atoms with Gasteiger partial charge in [0.2, 0.25) is 5.91 Å². The zero-order chi connectivity index (χ0) is 12.0. The molecule has 1 unspecified atom stereocenters. The standard InChI is InChI=1S/C10H15ClN2OS2/c1-7(15-2)5-12-9(14)3-10-13-8(4-11)6-16-10/h6-7H,3-5H2,1-2H3,(H,12,14). The minimum absolute atomic E-state index is 0.0244. The molecule has 16 heavy (non-hydrogen) atoms. The van der Waals surface area contributed by atoms with Gasteiger partial charge in [0.15, 0.2) is 0 Å². The van der Waals surface area contributed by atoms with E-state index in [-0.39, 0.29) is 5.91 Å². The highest BCUT2D eigenvalue weighted by Gasteiger charge is 2.08. The van der Waals surface area contributed by atoms with E-state index in [9.17, 15) is 4.79 Å². The second kappa shape index (κ2) is 7.14. The van der Waals surface area contributed by atoms with Crippen LogP contribution in [-0.2, 0) is 17.1 Å². The second-order valence-corrected chi connectivity index (χ2v) is 5.88. The van der Waals surface area contributed by atoms with E-state index in [0.29, 0.717) is 24.1 Å². The van der Waals surface area contributed by atoms with Gasteiger partial charge < -0.3 is 5.32 Å². The summed E-state index contributed by atoms with van der Waals surface area (Å²) < 4.78 is 0. The summed E-state index contributed by atoms with van der Waals surface area (Å²) in [6.45, 7) is 2.79. The Bertz CT molecular complexity index is 343. The number of thioether (sulfide) groups is 1. The molecular weight excluding hydrogens is 264 g/mol. The lowest BCUT2D eigenvalue weighted by atomic mass is 10.4. The number of carbonyl (C=O) groups is 1. The van der Waals surface area contributed by atoms with Crippen LogP contribution in [0.5, 0.6) is 0 Å². The van der Waals surface area contributed by atoms with Crippen LogP contribution < -0.4 is 5.32 Å². The van der Waals surface area contributed by atoms with E-state index in [2.05, 4.69) is 17.2 Å². The molecule has 1 aromatic heterocycles. The van der Waals surface area contributed by atoms with Gasteiger partial charge in [-0.3, -0.25) is 4.79 Å². The molecule has 0 aromatic carbocycles. The summed E-state index contributed by atoms with van der Waals surface area (Å²) in [5.41, 5.74) is 0.840. The van der Waals surface area contributed by atoms with Crippen LogP contribution in [0.1, 0.15) is 17.6 Å². The maximum Gasteiger partial charge on any atom is 0.226 e. The number of thiazole rings is 1. The zero-order valence-electron chi connectivity index (χ0n) is 9.33. The number of hydrogen-bond acceptors (Lipinski definition) is 4. The predicted octanol–water partition coefficient (Wildman–Crippen LogP) is 2.29. The first-order chi connectivity index (χ1) is 7.65. The van der Waals surface area contributed by atoms with Gasteiger partial charge in [0.25, 0.3) is 0 Å². The first-order valence-corrected chi connectivity index (χ1v) is 7.64. The summed E-state index contributed by atoms with van der Waals surface area (Å²) in [5, 5.41) is 6.04. The third kappa shape index (κ3) is 4.72. The molecule has 0 saturated heterocycles. The van der Waals surface area contributed by atoms with Crippen LogP contribution in [0.25, 0.3) is 0 Å². The Kier molecular flexibility index (Phi) is 6.16. The number of nitrogens with zero attached hydrogens (tertiary/aromatic N) is 1. The number of carbonyl (C=O) groups excluding carboxylic acids is 1.